The maximum Gasteiger partial charge on any atom is 0.314 e. The van der Waals surface area contributed by atoms with Crippen LogP contribution in [0.2, 0.25) is 0 Å². The Hall–Kier alpha value is -1.92. The number of Topliss-reactive ketones (excluding diaryl/α,β-unsaturated/α-hetero) is 1. The third kappa shape index (κ3) is 5.28. The third-order valence-corrected chi connectivity index (χ3v) is 4.43. The lowest BCUT2D eigenvalue weighted by Gasteiger charge is -2.34. The van der Waals surface area contributed by atoms with Crippen LogP contribution in [0.15, 0.2) is 24.3 Å². The molecule has 1 saturated heterocycles. The molecule has 1 aromatic carbocycles. The van der Waals surface area contributed by atoms with Crippen molar-refractivity contribution in [1.29, 1.82) is 0 Å². The van der Waals surface area contributed by atoms with Gasteiger partial charge < -0.3 is 19.3 Å². The molecule has 1 aromatic rings. The Balaban J connectivity index is 1.91. The van der Waals surface area contributed by atoms with Crippen LogP contribution in [0.3, 0.4) is 0 Å². The van der Waals surface area contributed by atoms with Crippen LogP contribution in [0.4, 0.5) is 0 Å². The highest BCUT2D eigenvalue weighted by Crippen LogP contribution is 2.27. The first kappa shape index (κ1) is 19.4. The predicted octanol–water partition coefficient (Wildman–Crippen LogP) is 2.86. The van der Waals surface area contributed by atoms with E-state index in [4.69, 9.17) is 14.2 Å². The van der Waals surface area contributed by atoms with E-state index in [1.807, 2.05) is 13.8 Å². The molecule has 0 spiro atoms. The van der Waals surface area contributed by atoms with E-state index in [0.717, 1.165) is 5.56 Å². The Morgan fingerprint density at radius 2 is 1.80 bits per heavy atom. The molecular formula is C19H26O6. The summed E-state index contributed by atoms with van der Waals surface area (Å²) in [6.07, 6.45) is 0. The molecule has 0 amide bonds. The topological polar surface area (TPSA) is 82.1 Å². The van der Waals surface area contributed by atoms with Crippen LogP contribution in [0.1, 0.15) is 39.2 Å². The minimum atomic E-state index is -1.10. The number of ketones is 1. The highest BCUT2D eigenvalue weighted by Gasteiger charge is 2.30. The summed E-state index contributed by atoms with van der Waals surface area (Å²) in [4.78, 5) is 22.8. The minimum absolute atomic E-state index is 0.167. The average Bonchev–Trinajstić information content (AvgIpc) is 2.53. The lowest BCUT2D eigenvalue weighted by molar-refractivity contribution is -0.264. The molecule has 0 aliphatic carbocycles. The van der Waals surface area contributed by atoms with Gasteiger partial charge in [0.05, 0.1) is 19.8 Å². The molecule has 25 heavy (non-hydrogen) atoms. The first-order chi connectivity index (χ1) is 11.7. The van der Waals surface area contributed by atoms with Crippen molar-refractivity contribution >= 4 is 11.8 Å². The van der Waals surface area contributed by atoms with Gasteiger partial charge in [-0.2, -0.15) is 0 Å². The number of carboxylic acid groups (broad SMARTS) is 1. The van der Waals surface area contributed by atoms with Crippen LogP contribution in [0.25, 0.3) is 0 Å². The summed E-state index contributed by atoms with van der Waals surface area (Å²) in [5, 5.41) is 9.23. The second kappa shape index (κ2) is 7.97. The van der Waals surface area contributed by atoms with E-state index in [1.54, 1.807) is 31.2 Å². The van der Waals surface area contributed by atoms with Crippen molar-refractivity contribution in [3.63, 3.8) is 0 Å². The van der Waals surface area contributed by atoms with Crippen LogP contribution in [-0.4, -0.2) is 42.5 Å². The SMILES string of the molecule is CC(=O)C(C(=O)O)C(C)c1ccc(OCC2COC(C)(C)OC2)cc1. The summed E-state index contributed by atoms with van der Waals surface area (Å²) in [7, 11) is 0. The maximum absolute atomic E-state index is 11.6. The Morgan fingerprint density at radius 3 is 2.28 bits per heavy atom. The summed E-state index contributed by atoms with van der Waals surface area (Å²) in [6.45, 7) is 8.47. The van der Waals surface area contributed by atoms with Crippen LogP contribution in [0.5, 0.6) is 5.75 Å². The number of hydrogen-bond acceptors (Lipinski definition) is 5. The van der Waals surface area contributed by atoms with E-state index in [2.05, 4.69) is 0 Å². The highest BCUT2D eigenvalue weighted by molar-refractivity contribution is 5.97. The zero-order valence-corrected chi connectivity index (χ0v) is 15.2. The van der Waals surface area contributed by atoms with Crippen molar-refractivity contribution in [3.8, 4) is 5.75 Å². The second-order valence-electron chi connectivity index (χ2n) is 6.98. The Kier molecular flexibility index (Phi) is 6.19. The Morgan fingerprint density at radius 1 is 1.24 bits per heavy atom. The summed E-state index contributed by atoms with van der Waals surface area (Å²) < 4.78 is 17.0. The fraction of sp³-hybridized carbons (Fsp3) is 0.579. The van der Waals surface area contributed by atoms with Gasteiger partial charge in [0.25, 0.3) is 0 Å². The second-order valence-corrected chi connectivity index (χ2v) is 6.98. The van der Waals surface area contributed by atoms with Gasteiger partial charge in [-0.1, -0.05) is 19.1 Å². The van der Waals surface area contributed by atoms with E-state index in [0.29, 0.717) is 25.6 Å². The van der Waals surface area contributed by atoms with Gasteiger partial charge in [0.1, 0.15) is 17.5 Å². The lowest BCUT2D eigenvalue weighted by atomic mass is 9.85. The van der Waals surface area contributed by atoms with Gasteiger partial charge in [0.2, 0.25) is 0 Å². The van der Waals surface area contributed by atoms with Gasteiger partial charge >= 0.3 is 5.97 Å². The number of benzene rings is 1. The largest absolute Gasteiger partial charge is 0.493 e. The number of ether oxygens (including phenoxy) is 3. The molecule has 2 atom stereocenters. The molecule has 6 heteroatoms. The molecule has 1 heterocycles. The molecule has 0 radical (unpaired) electrons. The van der Waals surface area contributed by atoms with Gasteiger partial charge in [0, 0.05) is 11.8 Å². The van der Waals surface area contributed by atoms with Gasteiger partial charge in [0.15, 0.2) is 5.79 Å². The van der Waals surface area contributed by atoms with E-state index in [1.165, 1.54) is 6.92 Å². The molecule has 0 aromatic heterocycles. The first-order valence-corrected chi connectivity index (χ1v) is 8.43. The Bertz CT molecular complexity index is 583. The first-order valence-electron chi connectivity index (χ1n) is 8.43. The molecule has 1 fully saturated rings. The third-order valence-electron chi connectivity index (χ3n) is 4.43. The zero-order valence-electron chi connectivity index (χ0n) is 15.2. The average molecular weight is 350 g/mol. The summed E-state index contributed by atoms with van der Waals surface area (Å²) in [6, 6.07) is 7.18. The van der Waals surface area contributed by atoms with Crippen LogP contribution >= 0.6 is 0 Å². The number of carboxylic acids is 1. The number of carbonyl (C=O) groups is 2. The standard InChI is InChI=1S/C19H26O6/c1-12(17(13(2)20)18(21)22)15-5-7-16(8-6-15)23-9-14-10-24-19(3,4)25-11-14/h5-8,12,14,17H,9-11H2,1-4H3,(H,21,22). The number of carbonyl (C=O) groups excluding carboxylic acids is 1. The normalized spacial score (nSPS) is 19.8. The fourth-order valence-corrected chi connectivity index (χ4v) is 2.84. The van der Waals surface area contributed by atoms with Crippen molar-refractivity contribution in [3.05, 3.63) is 29.8 Å². The number of aliphatic carboxylic acids is 1. The van der Waals surface area contributed by atoms with Gasteiger partial charge in [-0.05, 0) is 38.5 Å². The number of hydrogen-bond donors (Lipinski definition) is 1. The van der Waals surface area contributed by atoms with Crippen molar-refractivity contribution in [1.82, 2.24) is 0 Å². The van der Waals surface area contributed by atoms with Crippen molar-refractivity contribution in [2.45, 2.75) is 39.4 Å². The molecule has 1 aliphatic heterocycles. The van der Waals surface area contributed by atoms with E-state index in [-0.39, 0.29) is 11.7 Å². The molecule has 0 saturated carbocycles. The smallest absolute Gasteiger partial charge is 0.314 e. The van der Waals surface area contributed by atoms with E-state index >= 15 is 0 Å². The molecule has 2 rings (SSSR count). The lowest BCUT2D eigenvalue weighted by Crippen LogP contribution is -2.41. The van der Waals surface area contributed by atoms with E-state index in [9.17, 15) is 14.7 Å². The summed E-state index contributed by atoms with van der Waals surface area (Å²) in [5.41, 5.74) is 0.793. The van der Waals surface area contributed by atoms with Gasteiger partial charge in [-0.3, -0.25) is 9.59 Å². The molecular weight excluding hydrogens is 324 g/mol. The maximum atomic E-state index is 11.6. The molecule has 1 N–H and O–H groups in total. The predicted molar refractivity (Wildman–Crippen MR) is 91.6 cm³/mol. The Labute approximate surface area is 148 Å². The number of rotatable bonds is 7. The monoisotopic (exact) mass is 350 g/mol. The zero-order chi connectivity index (χ0) is 18.6. The molecule has 1 aliphatic rings. The molecule has 2 unspecified atom stereocenters. The van der Waals surface area contributed by atoms with Crippen LogP contribution in [-0.2, 0) is 19.1 Å². The molecule has 6 nitrogen and oxygen atoms in total. The molecule has 0 bridgehead atoms. The van der Waals surface area contributed by atoms with Crippen molar-refractivity contribution < 1.29 is 28.9 Å². The summed E-state index contributed by atoms with van der Waals surface area (Å²) >= 11 is 0. The molecule has 138 valence electrons. The highest BCUT2D eigenvalue weighted by atomic mass is 16.7. The quantitative estimate of drug-likeness (QED) is 0.762. The van der Waals surface area contributed by atoms with Crippen molar-refractivity contribution in [2.24, 2.45) is 11.8 Å². The van der Waals surface area contributed by atoms with E-state index < -0.39 is 23.6 Å². The summed E-state index contributed by atoms with van der Waals surface area (Å²) in [5.74, 6) is -2.55. The van der Waals surface area contributed by atoms with Crippen LogP contribution in [0, 0.1) is 11.8 Å². The minimum Gasteiger partial charge on any atom is -0.493 e. The fourth-order valence-electron chi connectivity index (χ4n) is 2.84. The van der Waals surface area contributed by atoms with Gasteiger partial charge in [-0.15, -0.1) is 0 Å². The van der Waals surface area contributed by atoms with Crippen LogP contribution < -0.4 is 4.74 Å². The van der Waals surface area contributed by atoms with Gasteiger partial charge in [-0.25, -0.2) is 0 Å². The van der Waals surface area contributed by atoms with Crippen molar-refractivity contribution in [2.75, 3.05) is 19.8 Å².